The fourth-order valence-electron chi connectivity index (χ4n) is 3.09. The van der Waals surface area contributed by atoms with Gasteiger partial charge in [0, 0.05) is 0 Å². The van der Waals surface area contributed by atoms with E-state index >= 15 is 0 Å². The Morgan fingerprint density at radius 1 is 1.09 bits per heavy atom. The molecule has 1 fully saturated rings. The van der Waals surface area contributed by atoms with E-state index in [2.05, 4.69) is 4.74 Å². The number of benzene rings is 1. The maximum atomic E-state index is 12.5. The van der Waals surface area contributed by atoms with Gasteiger partial charge in [-0.25, -0.2) is 0 Å². The highest BCUT2D eigenvalue weighted by atomic mass is 19.4. The number of allylic oxidation sites excluding steroid dienone is 2. The Bertz CT molecular complexity index is 679. The van der Waals surface area contributed by atoms with E-state index < -0.39 is 12.1 Å². The van der Waals surface area contributed by atoms with Crippen molar-refractivity contribution >= 4 is 17.5 Å². The van der Waals surface area contributed by atoms with E-state index in [0.29, 0.717) is 12.8 Å². The minimum absolute atomic E-state index is 0.265. The van der Waals surface area contributed by atoms with Crippen molar-refractivity contribution in [3.63, 3.8) is 0 Å². The van der Waals surface area contributed by atoms with E-state index in [1.54, 1.807) is 0 Å². The molecule has 1 heterocycles. The van der Waals surface area contributed by atoms with Crippen molar-refractivity contribution in [1.82, 2.24) is 0 Å². The number of anilines is 1. The first-order chi connectivity index (χ1) is 10.8. The number of alkyl halides is 3. The Labute approximate surface area is 130 Å². The van der Waals surface area contributed by atoms with Gasteiger partial charge in [0.15, 0.2) is 0 Å². The molecule has 0 saturated carbocycles. The van der Waals surface area contributed by atoms with Crippen molar-refractivity contribution in [3.05, 3.63) is 35.9 Å². The second kappa shape index (κ2) is 5.40. The lowest BCUT2D eigenvalue weighted by Gasteiger charge is -2.18. The van der Waals surface area contributed by atoms with Gasteiger partial charge in [0.1, 0.15) is 5.75 Å². The van der Waals surface area contributed by atoms with Gasteiger partial charge in [-0.1, -0.05) is 11.6 Å². The Morgan fingerprint density at radius 3 is 2.30 bits per heavy atom. The molecule has 23 heavy (non-hydrogen) atoms. The Balaban J connectivity index is 1.82. The summed E-state index contributed by atoms with van der Waals surface area (Å²) in [5, 5.41) is 0. The van der Waals surface area contributed by atoms with Crippen LogP contribution in [-0.4, -0.2) is 18.2 Å². The maximum Gasteiger partial charge on any atom is 0.573 e. The molecule has 122 valence electrons. The van der Waals surface area contributed by atoms with Crippen LogP contribution in [0.4, 0.5) is 18.9 Å². The number of ether oxygens (including phenoxy) is 1. The van der Waals surface area contributed by atoms with Gasteiger partial charge in [-0.15, -0.1) is 13.2 Å². The number of halogens is 3. The van der Waals surface area contributed by atoms with Gasteiger partial charge < -0.3 is 4.74 Å². The second-order valence-electron chi connectivity index (χ2n) is 5.76. The molecular weight excluding hydrogens is 311 g/mol. The van der Waals surface area contributed by atoms with Crippen molar-refractivity contribution < 1.29 is 27.5 Å². The van der Waals surface area contributed by atoms with E-state index in [4.69, 9.17) is 0 Å². The van der Waals surface area contributed by atoms with Crippen molar-refractivity contribution in [3.8, 4) is 5.75 Å². The average molecular weight is 325 g/mol. The van der Waals surface area contributed by atoms with Crippen LogP contribution in [0, 0.1) is 11.8 Å². The summed E-state index contributed by atoms with van der Waals surface area (Å²) >= 11 is 0. The molecule has 0 radical (unpaired) electrons. The van der Waals surface area contributed by atoms with Crippen molar-refractivity contribution in [1.29, 1.82) is 0 Å². The number of hydrogen-bond donors (Lipinski definition) is 0. The highest BCUT2D eigenvalue weighted by molar-refractivity contribution is 6.22. The molecule has 0 unspecified atom stereocenters. The predicted molar refractivity (Wildman–Crippen MR) is 75.6 cm³/mol. The van der Waals surface area contributed by atoms with Crippen molar-refractivity contribution in [2.24, 2.45) is 11.8 Å². The van der Waals surface area contributed by atoms with E-state index in [1.165, 1.54) is 12.1 Å². The molecule has 4 nitrogen and oxygen atoms in total. The number of hydrogen-bond acceptors (Lipinski definition) is 3. The largest absolute Gasteiger partial charge is 0.573 e. The van der Waals surface area contributed by atoms with E-state index in [-0.39, 0.29) is 29.3 Å². The number of amides is 2. The van der Waals surface area contributed by atoms with Crippen LogP contribution >= 0.6 is 0 Å². The van der Waals surface area contributed by atoms with E-state index in [0.717, 1.165) is 22.6 Å². The monoisotopic (exact) mass is 325 g/mol. The van der Waals surface area contributed by atoms with Gasteiger partial charge in [-0.2, -0.15) is 0 Å². The van der Waals surface area contributed by atoms with Crippen LogP contribution < -0.4 is 9.64 Å². The van der Waals surface area contributed by atoms with Gasteiger partial charge in [-0.05, 0) is 44.0 Å². The van der Waals surface area contributed by atoms with Crippen molar-refractivity contribution in [2.75, 3.05) is 4.90 Å². The lowest BCUT2D eigenvalue weighted by molar-refractivity contribution is -0.274. The first-order valence-electron chi connectivity index (χ1n) is 7.15. The normalized spacial score (nSPS) is 24.5. The SMILES string of the molecule is CC1=CC[C@@H]2C(=O)N(c3ccc(OC(F)(F)F)cc3)C(=O)[C@H]2C1. The molecule has 1 aromatic rings. The Kier molecular flexibility index (Phi) is 3.66. The van der Waals surface area contributed by atoms with Gasteiger partial charge in [0.2, 0.25) is 11.8 Å². The highest BCUT2D eigenvalue weighted by Crippen LogP contribution is 2.40. The summed E-state index contributed by atoms with van der Waals surface area (Å²) in [4.78, 5) is 26.0. The molecule has 7 heteroatoms. The molecule has 0 N–H and O–H groups in total. The second-order valence-corrected chi connectivity index (χ2v) is 5.76. The van der Waals surface area contributed by atoms with E-state index in [9.17, 15) is 22.8 Å². The maximum absolute atomic E-state index is 12.5. The summed E-state index contributed by atoms with van der Waals surface area (Å²) in [6, 6.07) is 4.76. The number of carbonyl (C=O) groups is 2. The number of carbonyl (C=O) groups excluding carboxylic acids is 2. The van der Waals surface area contributed by atoms with Gasteiger partial charge >= 0.3 is 6.36 Å². The minimum Gasteiger partial charge on any atom is -0.406 e. The smallest absolute Gasteiger partial charge is 0.406 e. The third-order valence-corrected chi connectivity index (χ3v) is 4.15. The zero-order chi connectivity index (χ0) is 16.8. The van der Waals surface area contributed by atoms with Gasteiger partial charge in [0.25, 0.3) is 0 Å². The molecule has 1 aromatic carbocycles. The minimum atomic E-state index is -4.78. The third kappa shape index (κ3) is 2.95. The fourth-order valence-corrected chi connectivity index (χ4v) is 3.09. The third-order valence-electron chi connectivity index (χ3n) is 4.15. The first-order valence-corrected chi connectivity index (χ1v) is 7.15. The van der Waals surface area contributed by atoms with E-state index in [1.807, 2.05) is 13.0 Å². The standard InChI is InChI=1S/C16H14F3NO3/c1-9-2-7-12-13(8-9)15(22)20(14(12)21)10-3-5-11(6-4-10)23-16(17,18)19/h2-6,12-13H,7-8H2,1H3/t12-,13-/m0/s1. The molecule has 0 aromatic heterocycles. The summed E-state index contributed by atoms with van der Waals surface area (Å²) in [6.45, 7) is 1.92. The van der Waals surface area contributed by atoms with Gasteiger partial charge in [0.05, 0.1) is 17.5 Å². The number of imide groups is 1. The topological polar surface area (TPSA) is 46.6 Å². The number of fused-ring (bicyclic) bond motifs is 1. The highest BCUT2D eigenvalue weighted by Gasteiger charge is 2.48. The molecule has 1 saturated heterocycles. The van der Waals surface area contributed by atoms with Crippen LogP contribution in [0.2, 0.25) is 0 Å². The van der Waals surface area contributed by atoms with Crippen LogP contribution in [0.25, 0.3) is 0 Å². The van der Waals surface area contributed by atoms with Crippen molar-refractivity contribution in [2.45, 2.75) is 26.1 Å². The fraction of sp³-hybridized carbons (Fsp3) is 0.375. The summed E-state index contributed by atoms with van der Waals surface area (Å²) < 4.78 is 40.3. The molecule has 0 spiro atoms. The first kappa shape index (κ1) is 15.6. The quantitative estimate of drug-likeness (QED) is 0.618. The zero-order valence-electron chi connectivity index (χ0n) is 12.3. The lowest BCUT2D eigenvalue weighted by atomic mass is 9.82. The predicted octanol–water partition coefficient (Wildman–Crippen LogP) is 3.43. The van der Waals surface area contributed by atoms with Crippen LogP contribution in [0.1, 0.15) is 19.8 Å². The summed E-state index contributed by atoms with van der Waals surface area (Å²) in [5.41, 5.74) is 1.34. The molecule has 2 atom stereocenters. The molecule has 2 aliphatic rings. The summed E-state index contributed by atoms with van der Waals surface area (Å²) in [6.07, 6.45) is -1.76. The molecule has 3 rings (SSSR count). The van der Waals surface area contributed by atoms with Crippen LogP contribution in [0.5, 0.6) is 5.75 Å². The zero-order valence-corrected chi connectivity index (χ0v) is 12.3. The van der Waals surface area contributed by atoms with Gasteiger partial charge in [-0.3, -0.25) is 14.5 Å². The van der Waals surface area contributed by atoms with Crippen LogP contribution in [0.3, 0.4) is 0 Å². The number of rotatable bonds is 2. The average Bonchev–Trinajstić information content (AvgIpc) is 2.70. The molecule has 1 aliphatic carbocycles. The van der Waals surface area contributed by atoms with Crippen LogP contribution in [-0.2, 0) is 9.59 Å². The molecular formula is C16H14F3NO3. The summed E-state index contributed by atoms with van der Waals surface area (Å²) in [7, 11) is 0. The van der Waals surface area contributed by atoms with Crippen LogP contribution in [0.15, 0.2) is 35.9 Å². The number of nitrogens with zero attached hydrogens (tertiary/aromatic N) is 1. The summed E-state index contributed by atoms with van der Waals surface area (Å²) in [5.74, 6) is -1.74. The Morgan fingerprint density at radius 2 is 1.70 bits per heavy atom. The molecule has 1 aliphatic heterocycles. The molecule has 2 amide bonds. The molecule has 0 bridgehead atoms. The lowest BCUT2D eigenvalue weighted by Crippen LogP contribution is -2.30. The Hall–Kier alpha value is -2.31.